The lowest BCUT2D eigenvalue weighted by atomic mass is 9.87. The third-order valence-electron chi connectivity index (χ3n) is 4.68. The van der Waals surface area contributed by atoms with Crippen LogP contribution in [0.5, 0.6) is 11.5 Å². The zero-order valence-electron chi connectivity index (χ0n) is 19.9. The molecule has 0 aliphatic heterocycles. The molecule has 0 saturated carbocycles. The summed E-state index contributed by atoms with van der Waals surface area (Å²) in [6, 6.07) is 2.76. The van der Waals surface area contributed by atoms with Gasteiger partial charge in [-0.3, -0.25) is 9.59 Å². The molecule has 1 rings (SSSR count). The van der Waals surface area contributed by atoms with Crippen molar-refractivity contribution in [3.63, 3.8) is 0 Å². The van der Waals surface area contributed by atoms with Crippen molar-refractivity contribution in [1.82, 2.24) is 0 Å². The summed E-state index contributed by atoms with van der Waals surface area (Å²) in [5.41, 5.74) is 6.29. The van der Waals surface area contributed by atoms with Crippen LogP contribution in [0.3, 0.4) is 0 Å². The summed E-state index contributed by atoms with van der Waals surface area (Å²) in [6.07, 6.45) is -0.846. The third-order valence-corrected chi connectivity index (χ3v) is 4.68. The maximum Gasteiger partial charge on any atom is 0.513 e. The van der Waals surface area contributed by atoms with E-state index >= 15 is 0 Å². The second kappa shape index (κ2) is 14.7. The minimum absolute atomic E-state index is 0.0417. The number of carbonyl (C=O) groups is 4. The van der Waals surface area contributed by atoms with Gasteiger partial charge < -0.3 is 34.5 Å². The first kappa shape index (κ1) is 28.7. The maximum atomic E-state index is 12.0. The van der Waals surface area contributed by atoms with Gasteiger partial charge in [-0.25, -0.2) is 9.59 Å². The van der Waals surface area contributed by atoms with Crippen molar-refractivity contribution < 1.29 is 48.0 Å². The molecule has 1 aromatic rings. The van der Waals surface area contributed by atoms with E-state index in [9.17, 15) is 24.3 Å². The fourth-order valence-corrected chi connectivity index (χ4v) is 3.07. The van der Waals surface area contributed by atoms with E-state index in [1.807, 2.05) is 6.92 Å². The van der Waals surface area contributed by atoms with Gasteiger partial charge in [0.1, 0.15) is 6.04 Å². The molecule has 3 atom stereocenters. The van der Waals surface area contributed by atoms with E-state index in [2.05, 4.69) is 0 Å². The van der Waals surface area contributed by atoms with Crippen molar-refractivity contribution in [3.8, 4) is 11.5 Å². The second-order valence-corrected chi connectivity index (χ2v) is 7.39. The lowest BCUT2D eigenvalue weighted by Crippen LogP contribution is -2.38. The smallest absolute Gasteiger partial charge is 0.480 e. The van der Waals surface area contributed by atoms with Crippen LogP contribution in [0.25, 0.3) is 0 Å². The normalized spacial score (nSPS) is 13.2. The van der Waals surface area contributed by atoms with Gasteiger partial charge in [-0.15, -0.1) is 0 Å². The van der Waals surface area contributed by atoms with Crippen LogP contribution in [-0.4, -0.2) is 54.7 Å². The van der Waals surface area contributed by atoms with Gasteiger partial charge in [0.25, 0.3) is 0 Å². The van der Waals surface area contributed by atoms with E-state index in [-0.39, 0.29) is 43.5 Å². The van der Waals surface area contributed by atoms with Crippen LogP contribution in [0, 0.1) is 0 Å². The summed E-state index contributed by atoms with van der Waals surface area (Å²) in [6.45, 7) is 6.87. The van der Waals surface area contributed by atoms with Gasteiger partial charge in [0, 0.05) is 12.3 Å². The number of carboxylic acids is 1. The van der Waals surface area contributed by atoms with Crippen LogP contribution in [0.15, 0.2) is 18.2 Å². The molecule has 0 bridgehead atoms. The number of aliphatic carboxylic acids is 1. The first-order valence-corrected chi connectivity index (χ1v) is 11.1. The summed E-state index contributed by atoms with van der Waals surface area (Å²) in [5.74, 6) is -2.82. The summed E-state index contributed by atoms with van der Waals surface area (Å²) in [4.78, 5) is 47.3. The Morgan fingerprint density at radius 1 is 0.971 bits per heavy atom. The Bertz CT molecular complexity index is 841. The summed E-state index contributed by atoms with van der Waals surface area (Å²) in [7, 11) is 0. The van der Waals surface area contributed by atoms with E-state index in [1.54, 1.807) is 20.8 Å². The zero-order chi connectivity index (χ0) is 25.7. The highest BCUT2D eigenvalue weighted by atomic mass is 16.7. The average molecular weight is 484 g/mol. The van der Waals surface area contributed by atoms with Crippen molar-refractivity contribution in [1.29, 1.82) is 0 Å². The molecule has 0 heterocycles. The lowest BCUT2D eigenvalue weighted by Gasteiger charge is -2.25. The van der Waals surface area contributed by atoms with Gasteiger partial charge in [-0.05, 0) is 51.3 Å². The molecular formula is C23H33NO10. The lowest BCUT2D eigenvalue weighted by molar-refractivity contribution is -0.149. The Balaban J connectivity index is 3.25. The Labute approximate surface area is 198 Å². The van der Waals surface area contributed by atoms with Gasteiger partial charge in [-0.2, -0.15) is 0 Å². The van der Waals surface area contributed by atoms with E-state index in [1.165, 1.54) is 18.2 Å². The number of rotatable bonds is 13. The molecule has 0 aliphatic rings. The van der Waals surface area contributed by atoms with Gasteiger partial charge in [0.05, 0.1) is 19.3 Å². The monoisotopic (exact) mass is 483 g/mol. The second-order valence-electron chi connectivity index (χ2n) is 7.39. The van der Waals surface area contributed by atoms with Crippen LogP contribution in [-0.2, 0) is 23.8 Å². The molecule has 0 spiro atoms. The molecule has 34 heavy (non-hydrogen) atoms. The molecule has 0 saturated heterocycles. The highest BCUT2D eigenvalue weighted by Gasteiger charge is 2.30. The number of carbonyl (C=O) groups excluding carboxylic acids is 3. The molecule has 11 nitrogen and oxygen atoms in total. The largest absolute Gasteiger partial charge is 0.513 e. The third kappa shape index (κ3) is 9.65. The number of nitrogens with two attached hydrogens (primary N) is 1. The SMILES string of the molecule is CCCCC(=O)OC(C)CC(c1ccc(OC(=O)OCC)c(OC(=O)OCC)c1)[C@H](N)C(=O)O. The highest BCUT2D eigenvalue weighted by molar-refractivity contribution is 5.75. The molecule has 0 aliphatic carbocycles. The molecule has 11 heteroatoms. The van der Waals surface area contributed by atoms with Crippen molar-refractivity contribution in [2.45, 2.75) is 71.4 Å². The topological polar surface area (TPSA) is 161 Å². The fraction of sp³-hybridized carbons (Fsp3) is 0.565. The van der Waals surface area contributed by atoms with Gasteiger partial charge in [-0.1, -0.05) is 19.4 Å². The van der Waals surface area contributed by atoms with Gasteiger partial charge >= 0.3 is 24.2 Å². The minimum atomic E-state index is -1.36. The average Bonchev–Trinajstić information content (AvgIpc) is 2.77. The molecular weight excluding hydrogens is 450 g/mol. The summed E-state index contributed by atoms with van der Waals surface area (Å²) >= 11 is 0. The molecule has 1 aromatic carbocycles. The van der Waals surface area contributed by atoms with E-state index in [0.29, 0.717) is 12.0 Å². The minimum Gasteiger partial charge on any atom is -0.480 e. The predicted molar refractivity (Wildman–Crippen MR) is 120 cm³/mol. The number of ether oxygens (including phenoxy) is 5. The maximum absolute atomic E-state index is 12.0. The van der Waals surface area contributed by atoms with Crippen molar-refractivity contribution in [2.24, 2.45) is 5.73 Å². The van der Waals surface area contributed by atoms with Gasteiger partial charge in [0.2, 0.25) is 0 Å². The van der Waals surface area contributed by atoms with Crippen LogP contribution in [0.1, 0.15) is 64.9 Å². The fourth-order valence-electron chi connectivity index (χ4n) is 3.07. The Morgan fingerprint density at radius 3 is 2.09 bits per heavy atom. The first-order chi connectivity index (χ1) is 16.1. The van der Waals surface area contributed by atoms with Crippen molar-refractivity contribution >= 4 is 24.2 Å². The highest BCUT2D eigenvalue weighted by Crippen LogP contribution is 2.35. The first-order valence-electron chi connectivity index (χ1n) is 11.1. The van der Waals surface area contributed by atoms with E-state index in [0.717, 1.165) is 6.42 Å². The zero-order valence-corrected chi connectivity index (χ0v) is 19.9. The van der Waals surface area contributed by atoms with Gasteiger partial charge in [0.15, 0.2) is 11.5 Å². The number of benzene rings is 1. The van der Waals surface area contributed by atoms with Crippen molar-refractivity contribution in [3.05, 3.63) is 23.8 Å². The molecule has 0 aromatic heterocycles. The number of carboxylic acid groups (broad SMARTS) is 1. The number of unbranched alkanes of at least 4 members (excludes halogenated alkanes) is 1. The van der Waals surface area contributed by atoms with Crippen LogP contribution < -0.4 is 15.2 Å². The standard InChI is InChI=1S/C23H33NO10/c1-5-8-9-19(25)32-14(4)12-16(20(24)21(26)27)15-10-11-17(33-22(28)30-6-2)18(13-15)34-23(29)31-7-3/h10-11,13-14,16,20H,5-9,12,24H2,1-4H3,(H,26,27)/t14?,16?,20-/m0/s1. The Morgan fingerprint density at radius 2 is 1.56 bits per heavy atom. The summed E-state index contributed by atoms with van der Waals surface area (Å²) < 4.78 is 25.1. The van der Waals surface area contributed by atoms with E-state index < -0.39 is 36.3 Å². The molecule has 3 N–H and O–H groups in total. The number of hydrogen-bond donors (Lipinski definition) is 2. The molecule has 0 amide bonds. The Kier molecular flexibility index (Phi) is 12.4. The molecule has 0 fully saturated rings. The quantitative estimate of drug-likeness (QED) is 0.239. The number of esters is 1. The Hall–Kier alpha value is -3.34. The van der Waals surface area contributed by atoms with Crippen LogP contribution >= 0.6 is 0 Å². The number of hydrogen-bond acceptors (Lipinski definition) is 10. The molecule has 2 unspecified atom stereocenters. The van der Waals surface area contributed by atoms with Crippen molar-refractivity contribution in [2.75, 3.05) is 13.2 Å². The predicted octanol–water partition coefficient (Wildman–Crippen LogP) is 3.76. The molecule has 0 radical (unpaired) electrons. The van der Waals surface area contributed by atoms with E-state index in [4.69, 9.17) is 29.4 Å². The van der Waals surface area contributed by atoms with Crippen LogP contribution in [0.4, 0.5) is 9.59 Å². The van der Waals surface area contributed by atoms with Crippen LogP contribution in [0.2, 0.25) is 0 Å². The molecule has 190 valence electrons. The summed E-state index contributed by atoms with van der Waals surface area (Å²) in [5, 5.41) is 9.52.